The average molecular weight is 432 g/mol. The smallest absolute Gasteiger partial charge is 0.213 e. The van der Waals surface area contributed by atoms with E-state index in [9.17, 15) is 8.42 Å². The third-order valence-corrected chi connectivity index (χ3v) is 8.63. The van der Waals surface area contributed by atoms with Gasteiger partial charge in [-0.3, -0.25) is 0 Å². The van der Waals surface area contributed by atoms with Crippen LogP contribution >= 0.6 is 11.3 Å². The molecule has 29 heavy (non-hydrogen) atoms. The van der Waals surface area contributed by atoms with Gasteiger partial charge in [0, 0.05) is 41.6 Å². The number of rotatable bonds is 6. The van der Waals surface area contributed by atoms with Crippen molar-refractivity contribution in [1.82, 2.24) is 14.2 Å². The quantitative estimate of drug-likeness (QED) is 0.626. The summed E-state index contributed by atoms with van der Waals surface area (Å²) in [5.74, 6) is 0.582. The molecule has 156 valence electrons. The van der Waals surface area contributed by atoms with Crippen molar-refractivity contribution < 1.29 is 8.42 Å². The molecule has 0 aliphatic carbocycles. The summed E-state index contributed by atoms with van der Waals surface area (Å²) in [5.41, 5.74) is 4.98. The van der Waals surface area contributed by atoms with Crippen molar-refractivity contribution in [1.29, 1.82) is 0 Å². The number of aromatic nitrogens is 1. The lowest BCUT2D eigenvalue weighted by Gasteiger charge is -2.30. The zero-order valence-electron chi connectivity index (χ0n) is 17.3. The van der Waals surface area contributed by atoms with Gasteiger partial charge < -0.3 is 9.88 Å². The molecule has 3 heterocycles. The van der Waals surface area contributed by atoms with Gasteiger partial charge in [0.05, 0.1) is 5.75 Å². The Morgan fingerprint density at radius 3 is 2.62 bits per heavy atom. The number of fused-ring (bicyclic) bond motifs is 1. The van der Waals surface area contributed by atoms with Gasteiger partial charge in [-0.15, -0.1) is 11.3 Å². The Balaban J connectivity index is 1.57. The minimum absolute atomic E-state index is 0.185. The van der Waals surface area contributed by atoms with Crippen LogP contribution in [0.25, 0.3) is 22.0 Å². The molecular weight excluding hydrogens is 402 g/mol. The van der Waals surface area contributed by atoms with E-state index in [2.05, 4.69) is 59.8 Å². The maximum Gasteiger partial charge on any atom is 0.213 e. The van der Waals surface area contributed by atoms with E-state index in [-0.39, 0.29) is 5.75 Å². The van der Waals surface area contributed by atoms with Crippen LogP contribution in [0, 0.1) is 0 Å². The number of nitrogens with one attached hydrogen (secondary N) is 1. The van der Waals surface area contributed by atoms with Gasteiger partial charge in [-0.05, 0) is 80.0 Å². The Labute approximate surface area is 177 Å². The highest BCUT2D eigenvalue weighted by molar-refractivity contribution is 7.89. The summed E-state index contributed by atoms with van der Waals surface area (Å²) in [5, 5.41) is 3.50. The SMILES string of the molecule is CCS(=O)(=O)N1CCC(c2c[nH]c3ccc(-c4csc(CN(C)C)c4)cc23)CC1. The Kier molecular flexibility index (Phi) is 5.84. The number of nitrogens with zero attached hydrogens (tertiary/aromatic N) is 2. The fourth-order valence-corrected chi connectivity index (χ4v) is 6.36. The molecule has 1 N–H and O–H groups in total. The van der Waals surface area contributed by atoms with Gasteiger partial charge in [0.2, 0.25) is 10.0 Å². The minimum atomic E-state index is -3.08. The monoisotopic (exact) mass is 431 g/mol. The Bertz CT molecular complexity index is 1090. The number of H-pyrrole nitrogens is 1. The predicted octanol–water partition coefficient (Wildman–Crippen LogP) is 4.49. The number of sulfonamides is 1. The fraction of sp³-hybridized carbons (Fsp3) is 0.455. The van der Waals surface area contributed by atoms with Gasteiger partial charge in [0.25, 0.3) is 0 Å². The first-order valence-electron chi connectivity index (χ1n) is 10.2. The largest absolute Gasteiger partial charge is 0.361 e. The molecule has 0 amide bonds. The molecule has 7 heteroatoms. The third-order valence-electron chi connectivity index (χ3n) is 5.82. The Morgan fingerprint density at radius 2 is 1.93 bits per heavy atom. The summed E-state index contributed by atoms with van der Waals surface area (Å²) in [6, 6.07) is 8.92. The first kappa shape index (κ1) is 20.6. The topological polar surface area (TPSA) is 56.4 Å². The molecule has 0 spiro atoms. The van der Waals surface area contributed by atoms with Gasteiger partial charge in [0.15, 0.2) is 0 Å². The first-order chi connectivity index (χ1) is 13.9. The highest BCUT2D eigenvalue weighted by atomic mass is 32.2. The summed E-state index contributed by atoms with van der Waals surface area (Å²) in [7, 11) is 1.10. The third kappa shape index (κ3) is 4.28. The van der Waals surface area contributed by atoms with Gasteiger partial charge in [-0.25, -0.2) is 12.7 Å². The molecule has 0 radical (unpaired) electrons. The summed E-state index contributed by atoms with van der Waals surface area (Å²) in [6.07, 6.45) is 3.87. The molecule has 1 fully saturated rings. The lowest BCUT2D eigenvalue weighted by molar-refractivity contribution is 0.321. The van der Waals surface area contributed by atoms with Crippen LogP contribution in [-0.4, -0.2) is 55.5 Å². The number of piperidine rings is 1. The molecule has 3 aromatic rings. The minimum Gasteiger partial charge on any atom is -0.361 e. The molecule has 1 aliphatic rings. The van der Waals surface area contributed by atoms with Crippen LogP contribution in [0.4, 0.5) is 0 Å². The molecule has 1 saturated heterocycles. The second-order valence-corrected chi connectivity index (χ2v) is 11.4. The first-order valence-corrected chi connectivity index (χ1v) is 12.7. The summed E-state index contributed by atoms with van der Waals surface area (Å²) >= 11 is 1.81. The molecule has 1 aliphatic heterocycles. The van der Waals surface area contributed by atoms with Gasteiger partial charge in [-0.1, -0.05) is 6.07 Å². The molecule has 0 saturated carbocycles. The summed E-state index contributed by atoms with van der Waals surface area (Å²) in [6.45, 7) is 3.91. The van der Waals surface area contributed by atoms with Crippen LogP contribution in [0.2, 0.25) is 0 Å². The van der Waals surface area contributed by atoms with E-state index in [0.717, 1.165) is 24.9 Å². The predicted molar refractivity (Wildman–Crippen MR) is 122 cm³/mol. The summed E-state index contributed by atoms with van der Waals surface area (Å²) < 4.78 is 26.0. The average Bonchev–Trinajstić information content (AvgIpc) is 3.34. The molecule has 2 aromatic heterocycles. The van der Waals surface area contributed by atoms with Crippen molar-refractivity contribution in [3.8, 4) is 11.1 Å². The van der Waals surface area contributed by atoms with Crippen LogP contribution < -0.4 is 0 Å². The molecular formula is C22H29N3O2S2. The Morgan fingerprint density at radius 1 is 1.17 bits per heavy atom. The summed E-state index contributed by atoms with van der Waals surface area (Å²) in [4.78, 5) is 6.97. The van der Waals surface area contributed by atoms with Crippen molar-refractivity contribution in [3.63, 3.8) is 0 Å². The van der Waals surface area contributed by atoms with Crippen LogP contribution in [0.1, 0.15) is 36.1 Å². The van der Waals surface area contributed by atoms with Crippen LogP contribution in [0.5, 0.6) is 0 Å². The number of benzene rings is 1. The van der Waals surface area contributed by atoms with Crippen molar-refractivity contribution in [2.24, 2.45) is 0 Å². The maximum atomic E-state index is 12.1. The van der Waals surface area contributed by atoms with Crippen molar-refractivity contribution in [2.75, 3.05) is 32.9 Å². The van der Waals surface area contributed by atoms with Gasteiger partial charge in [-0.2, -0.15) is 0 Å². The number of hydrogen-bond acceptors (Lipinski definition) is 4. The van der Waals surface area contributed by atoms with Gasteiger partial charge in [0.1, 0.15) is 0 Å². The van der Waals surface area contributed by atoms with Crippen molar-refractivity contribution in [2.45, 2.75) is 32.2 Å². The molecule has 5 nitrogen and oxygen atoms in total. The maximum absolute atomic E-state index is 12.1. The van der Waals surface area contributed by atoms with Crippen molar-refractivity contribution in [3.05, 3.63) is 46.3 Å². The van der Waals surface area contributed by atoms with Crippen molar-refractivity contribution >= 4 is 32.3 Å². The standard InChI is InChI=1S/C22H29N3O2S2/c1-4-29(26,27)25-9-7-16(8-10-25)21-13-23-22-6-5-17(12-20(21)22)18-11-19(28-15-18)14-24(2)3/h5-6,11-13,15-16,23H,4,7-10,14H2,1-3H3. The van der Waals surface area contributed by atoms with E-state index >= 15 is 0 Å². The molecule has 1 aromatic carbocycles. The van der Waals surface area contributed by atoms with E-state index in [4.69, 9.17) is 0 Å². The highest BCUT2D eigenvalue weighted by Crippen LogP contribution is 2.36. The highest BCUT2D eigenvalue weighted by Gasteiger charge is 2.28. The second-order valence-electron chi connectivity index (χ2n) is 8.12. The fourth-order valence-electron chi connectivity index (χ4n) is 4.21. The number of thiophene rings is 1. The van der Waals surface area contributed by atoms with E-state index < -0.39 is 10.0 Å². The molecule has 0 atom stereocenters. The van der Waals surface area contributed by atoms with E-state index in [1.54, 1.807) is 22.6 Å². The van der Waals surface area contributed by atoms with Gasteiger partial charge >= 0.3 is 0 Å². The zero-order valence-corrected chi connectivity index (χ0v) is 18.9. The van der Waals surface area contributed by atoms with Crippen LogP contribution in [-0.2, 0) is 16.6 Å². The zero-order chi connectivity index (χ0) is 20.6. The molecule has 0 unspecified atom stereocenters. The number of hydrogen-bond donors (Lipinski definition) is 1. The van der Waals surface area contributed by atoms with Crippen LogP contribution in [0.3, 0.4) is 0 Å². The normalized spacial score (nSPS) is 16.8. The lowest BCUT2D eigenvalue weighted by atomic mass is 9.89. The van der Waals surface area contributed by atoms with E-state index in [0.29, 0.717) is 19.0 Å². The Hall–Kier alpha value is -1.67. The second kappa shape index (κ2) is 8.22. The lowest BCUT2D eigenvalue weighted by Crippen LogP contribution is -2.38. The molecule has 0 bridgehead atoms. The van der Waals surface area contributed by atoms with Crippen LogP contribution in [0.15, 0.2) is 35.8 Å². The number of aromatic amines is 1. The van der Waals surface area contributed by atoms with E-state index in [1.807, 2.05) is 0 Å². The van der Waals surface area contributed by atoms with E-state index in [1.165, 1.54) is 27.0 Å². The molecule has 4 rings (SSSR count).